The highest BCUT2D eigenvalue weighted by atomic mass is 16.5. The van der Waals surface area contributed by atoms with Crippen LogP contribution in [0.4, 0.5) is 5.69 Å². The van der Waals surface area contributed by atoms with E-state index < -0.39 is 5.91 Å². The fraction of sp³-hybridized carbons (Fsp3) is 0.320. The van der Waals surface area contributed by atoms with Gasteiger partial charge in [0.1, 0.15) is 11.4 Å². The number of carbonyl (C=O) groups excluding carboxylic acids is 2. The number of hydrogen-bond acceptors (Lipinski definition) is 4. The number of aryl methyl sites for hydroxylation is 1. The van der Waals surface area contributed by atoms with Gasteiger partial charge in [-0.2, -0.15) is 0 Å². The molecule has 166 valence electrons. The van der Waals surface area contributed by atoms with Crippen LogP contribution in [-0.4, -0.2) is 47.9 Å². The van der Waals surface area contributed by atoms with Crippen molar-refractivity contribution in [2.45, 2.75) is 25.8 Å². The van der Waals surface area contributed by atoms with Crippen LogP contribution < -0.4 is 10.2 Å². The predicted molar refractivity (Wildman–Crippen MR) is 126 cm³/mol. The van der Waals surface area contributed by atoms with Crippen molar-refractivity contribution in [3.8, 4) is 0 Å². The Hall–Kier alpha value is -3.45. The largest absolute Gasteiger partial charge is 0.381 e. The zero-order chi connectivity index (χ0) is 22.7. The van der Waals surface area contributed by atoms with Gasteiger partial charge in [0.25, 0.3) is 11.8 Å². The first-order valence-corrected chi connectivity index (χ1v) is 10.9. The molecule has 0 bridgehead atoms. The monoisotopic (exact) mass is 432 g/mol. The van der Waals surface area contributed by atoms with Crippen molar-refractivity contribution in [1.82, 2.24) is 9.88 Å². The molecule has 1 fully saturated rings. The first kappa shape index (κ1) is 21.8. The molecule has 0 radical (unpaired) electrons. The van der Waals surface area contributed by atoms with Crippen LogP contribution in [-0.2, 0) is 16.6 Å². The van der Waals surface area contributed by atoms with Crippen LogP contribution in [0.15, 0.2) is 54.6 Å². The molecule has 0 spiro atoms. The van der Waals surface area contributed by atoms with E-state index in [2.05, 4.69) is 5.32 Å². The third-order valence-corrected chi connectivity index (χ3v) is 5.97. The van der Waals surface area contributed by atoms with Gasteiger partial charge in [0, 0.05) is 55.0 Å². The molecule has 0 atom stereocenters. The molecule has 2 heterocycles. The number of nitrogens with one attached hydrogen (secondary N) is 2. The van der Waals surface area contributed by atoms with E-state index >= 15 is 0 Å². The lowest BCUT2D eigenvalue weighted by Gasteiger charge is -2.24. The van der Waals surface area contributed by atoms with Gasteiger partial charge in [-0.15, -0.1) is 0 Å². The van der Waals surface area contributed by atoms with E-state index in [0.29, 0.717) is 31.0 Å². The topological polar surface area (TPSA) is 87.4 Å². The number of aromatic nitrogens is 1. The summed E-state index contributed by atoms with van der Waals surface area (Å²) in [6, 6.07) is 16.8. The van der Waals surface area contributed by atoms with E-state index in [1.807, 2.05) is 61.5 Å². The van der Waals surface area contributed by atoms with Crippen LogP contribution in [0.5, 0.6) is 0 Å². The number of anilines is 1. The summed E-state index contributed by atoms with van der Waals surface area (Å²) in [6.45, 7) is 3.52. The molecule has 0 saturated carbocycles. The Bertz CT molecular complexity index is 1150. The van der Waals surface area contributed by atoms with Gasteiger partial charge in [-0.25, -0.2) is 0 Å². The van der Waals surface area contributed by atoms with Crippen molar-refractivity contribution in [3.63, 3.8) is 0 Å². The van der Waals surface area contributed by atoms with Crippen molar-refractivity contribution in [2.24, 2.45) is 7.05 Å². The normalized spacial score (nSPS) is 14.3. The Morgan fingerprint density at radius 1 is 1.09 bits per heavy atom. The standard InChI is InChI=1S/C25H28N4O3/c1-3-29(18-9-5-4-6-10-18)25(31)22(26)21-19-11-7-8-12-20(19)28(2)23(21)24(30)27-17-13-15-32-16-14-17/h4-12,17,26H,3,13-16H2,1-2H3,(H,27,30). The number of hydrogen-bond donors (Lipinski definition) is 2. The molecule has 1 saturated heterocycles. The Morgan fingerprint density at radius 3 is 2.44 bits per heavy atom. The summed E-state index contributed by atoms with van der Waals surface area (Å²) < 4.78 is 7.17. The average Bonchev–Trinajstić information content (AvgIpc) is 3.13. The number of likely N-dealkylation sites (N-methyl/N-ethyl adjacent to an activating group) is 1. The second-order valence-corrected chi connectivity index (χ2v) is 7.92. The molecule has 7 heteroatoms. The fourth-order valence-electron chi connectivity index (χ4n) is 4.30. The zero-order valence-corrected chi connectivity index (χ0v) is 18.4. The number of amides is 2. The van der Waals surface area contributed by atoms with Gasteiger partial charge in [-0.1, -0.05) is 36.4 Å². The van der Waals surface area contributed by atoms with Crippen molar-refractivity contribution < 1.29 is 14.3 Å². The fourth-order valence-corrected chi connectivity index (χ4v) is 4.30. The van der Waals surface area contributed by atoms with Crippen LogP contribution >= 0.6 is 0 Å². The summed E-state index contributed by atoms with van der Waals surface area (Å²) in [5.41, 5.74) is 2.04. The Balaban J connectivity index is 1.75. The number of benzene rings is 2. The molecule has 2 aromatic carbocycles. The Morgan fingerprint density at radius 2 is 1.75 bits per heavy atom. The number of fused-ring (bicyclic) bond motifs is 1. The van der Waals surface area contributed by atoms with Crippen molar-refractivity contribution >= 4 is 34.1 Å². The molecule has 32 heavy (non-hydrogen) atoms. The highest BCUT2D eigenvalue weighted by Gasteiger charge is 2.30. The summed E-state index contributed by atoms with van der Waals surface area (Å²) in [4.78, 5) is 28.4. The quantitative estimate of drug-likeness (QED) is 0.585. The number of rotatable bonds is 6. The van der Waals surface area contributed by atoms with Crippen molar-refractivity contribution in [1.29, 1.82) is 5.41 Å². The van der Waals surface area contributed by atoms with Gasteiger partial charge in [0.05, 0.1) is 0 Å². The number of para-hydroxylation sites is 2. The summed E-state index contributed by atoms with van der Waals surface area (Å²) in [5.74, 6) is -0.707. The maximum atomic E-state index is 13.4. The molecular weight excluding hydrogens is 404 g/mol. The van der Waals surface area contributed by atoms with Crippen LogP contribution in [0.1, 0.15) is 35.8 Å². The number of nitrogens with zero attached hydrogens (tertiary/aromatic N) is 2. The van der Waals surface area contributed by atoms with Gasteiger partial charge in [0.15, 0.2) is 0 Å². The third-order valence-electron chi connectivity index (χ3n) is 5.97. The second kappa shape index (κ2) is 9.36. The predicted octanol–water partition coefficient (Wildman–Crippen LogP) is 3.51. The third kappa shape index (κ3) is 4.03. The molecule has 7 nitrogen and oxygen atoms in total. The highest BCUT2D eigenvalue weighted by Crippen LogP contribution is 2.27. The highest BCUT2D eigenvalue weighted by molar-refractivity contribution is 6.51. The van der Waals surface area contributed by atoms with Crippen molar-refractivity contribution in [3.05, 3.63) is 65.9 Å². The van der Waals surface area contributed by atoms with Crippen LogP contribution in [0.25, 0.3) is 10.9 Å². The minimum absolute atomic E-state index is 0.0171. The lowest BCUT2D eigenvalue weighted by Crippen LogP contribution is -2.41. The molecule has 1 aliphatic rings. The molecule has 1 aromatic heterocycles. The van der Waals surface area contributed by atoms with Gasteiger partial charge in [-0.05, 0) is 38.0 Å². The SMILES string of the molecule is CCN(C(=O)C(=N)c1c(C(=O)NC2CCOCC2)n(C)c2ccccc12)c1ccccc1. The lowest BCUT2D eigenvalue weighted by molar-refractivity contribution is -0.112. The Kier molecular flexibility index (Phi) is 6.37. The maximum Gasteiger partial charge on any atom is 0.276 e. The van der Waals surface area contributed by atoms with E-state index in [1.165, 1.54) is 0 Å². The molecule has 0 aliphatic carbocycles. The zero-order valence-electron chi connectivity index (χ0n) is 18.4. The van der Waals surface area contributed by atoms with Crippen LogP contribution in [0.3, 0.4) is 0 Å². The van der Waals surface area contributed by atoms with Gasteiger partial charge < -0.3 is 19.5 Å². The minimum Gasteiger partial charge on any atom is -0.381 e. The molecule has 4 rings (SSSR count). The van der Waals surface area contributed by atoms with E-state index in [4.69, 9.17) is 10.1 Å². The van der Waals surface area contributed by atoms with Gasteiger partial charge in [-0.3, -0.25) is 15.0 Å². The van der Waals surface area contributed by atoms with E-state index in [9.17, 15) is 9.59 Å². The van der Waals surface area contributed by atoms with Gasteiger partial charge >= 0.3 is 0 Å². The van der Waals surface area contributed by atoms with E-state index in [1.54, 1.807) is 16.5 Å². The smallest absolute Gasteiger partial charge is 0.276 e. The number of ether oxygens (including phenoxy) is 1. The summed E-state index contributed by atoms with van der Waals surface area (Å²) in [5, 5.41) is 12.7. The summed E-state index contributed by atoms with van der Waals surface area (Å²) >= 11 is 0. The second-order valence-electron chi connectivity index (χ2n) is 7.92. The van der Waals surface area contributed by atoms with E-state index in [-0.39, 0.29) is 17.7 Å². The number of carbonyl (C=O) groups is 2. The molecule has 0 unspecified atom stereocenters. The summed E-state index contributed by atoms with van der Waals surface area (Å²) in [7, 11) is 1.80. The molecule has 1 aliphatic heterocycles. The van der Waals surface area contributed by atoms with Crippen molar-refractivity contribution in [2.75, 3.05) is 24.7 Å². The lowest BCUT2D eigenvalue weighted by atomic mass is 10.0. The molecule has 2 amide bonds. The molecular formula is C25H28N4O3. The Labute approximate surface area is 187 Å². The van der Waals surface area contributed by atoms with Crippen LogP contribution in [0, 0.1) is 5.41 Å². The first-order chi connectivity index (χ1) is 15.5. The van der Waals surface area contributed by atoms with E-state index in [0.717, 1.165) is 29.4 Å². The average molecular weight is 433 g/mol. The van der Waals surface area contributed by atoms with Crippen LogP contribution in [0.2, 0.25) is 0 Å². The molecule has 3 aromatic rings. The maximum absolute atomic E-state index is 13.4. The summed E-state index contributed by atoms with van der Waals surface area (Å²) in [6.07, 6.45) is 1.50. The van der Waals surface area contributed by atoms with Gasteiger partial charge in [0.2, 0.25) is 0 Å². The molecule has 2 N–H and O–H groups in total. The minimum atomic E-state index is -0.435. The first-order valence-electron chi connectivity index (χ1n) is 10.9.